The number of ether oxygens (including phenoxy) is 1. The van der Waals surface area contributed by atoms with Crippen molar-refractivity contribution in [2.45, 2.75) is 6.61 Å². The van der Waals surface area contributed by atoms with E-state index in [1.54, 1.807) is 18.3 Å². The fraction of sp³-hybridized carbons (Fsp3) is 0.0769. The molecule has 0 fully saturated rings. The van der Waals surface area contributed by atoms with Crippen LogP contribution in [0.1, 0.15) is 16.1 Å². The third kappa shape index (κ3) is 3.69. The first-order chi connectivity index (χ1) is 9.04. The number of aromatic nitrogens is 1. The maximum atomic E-state index is 11.8. The Morgan fingerprint density at radius 1 is 1.21 bits per heavy atom. The minimum absolute atomic E-state index is 0.0980. The number of hydrogen-bond acceptors (Lipinski definition) is 5. The van der Waals surface area contributed by atoms with Gasteiger partial charge in [0, 0.05) is 22.0 Å². The van der Waals surface area contributed by atoms with Crippen molar-refractivity contribution in [2.24, 2.45) is 0 Å². The first-order valence-corrected chi connectivity index (χ1v) is 6.27. The van der Waals surface area contributed by atoms with Crippen molar-refractivity contribution < 1.29 is 9.53 Å². The van der Waals surface area contributed by atoms with E-state index >= 15 is 0 Å². The number of hydrogen-bond donors (Lipinski definition) is 2. The van der Waals surface area contributed by atoms with Gasteiger partial charge in [0.1, 0.15) is 6.61 Å². The Hall–Kier alpha value is -2.08. The average molecular weight is 322 g/mol. The summed E-state index contributed by atoms with van der Waals surface area (Å²) in [5.74, 6) is -0.483. The van der Waals surface area contributed by atoms with Gasteiger partial charge in [0.05, 0.1) is 11.3 Å². The van der Waals surface area contributed by atoms with Gasteiger partial charge in [0.15, 0.2) is 0 Å². The molecule has 6 heteroatoms. The number of nitrogens with two attached hydrogens (primary N) is 2. The number of carbonyl (C=O) groups excluding carboxylic acids is 1. The predicted molar refractivity (Wildman–Crippen MR) is 76.3 cm³/mol. The molecule has 1 heterocycles. The minimum Gasteiger partial charge on any atom is -0.456 e. The molecule has 2 aromatic rings. The zero-order valence-electron chi connectivity index (χ0n) is 9.97. The molecule has 5 nitrogen and oxygen atoms in total. The van der Waals surface area contributed by atoms with E-state index in [0.29, 0.717) is 22.6 Å². The molecule has 0 radical (unpaired) electrons. The highest BCUT2D eigenvalue weighted by molar-refractivity contribution is 9.10. The number of anilines is 2. The van der Waals surface area contributed by atoms with Gasteiger partial charge in [-0.3, -0.25) is 4.98 Å². The molecular weight excluding hydrogens is 310 g/mol. The molecule has 0 saturated carbocycles. The van der Waals surface area contributed by atoms with Gasteiger partial charge >= 0.3 is 5.97 Å². The third-order valence-electron chi connectivity index (χ3n) is 2.35. The van der Waals surface area contributed by atoms with Crippen LogP contribution in [0.4, 0.5) is 11.4 Å². The summed E-state index contributed by atoms with van der Waals surface area (Å²) in [5.41, 5.74) is 13.1. The summed E-state index contributed by atoms with van der Waals surface area (Å²) < 4.78 is 6.00. The summed E-state index contributed by atoms with van der Waals surface area (Å²) in [6, 6.07) is 8.22. The molecule has 1 aromatic carbocycles. The van der Waals surface area contributed by atoms with Crippen molar-refractivity contribution in [1.82, 2.24) is 4.98 Å². The predicted octanol–water partition coefficient (Wildman–Crippen LogP) is 2.37. The Kier molecular flexibility index (Phi) is 4.01. The molecule has 98 valence electrons. The number of halogens is 1. The van der Waals surface area contributed by atoms with Crippen molar-refractivity contribution in [3.63, 3.8) is 0 Å². The van der Waals surface area contributed by atoms with Gasteiger partial charge in [0.2, 0.25) is 0 Å². The first kappa shape index (κ1) is 13.4. The van der Waals surface area contributed by atoms with Crippen LogP contribution >= 0.6 is 15.9 Å². The van der Waals surface area contributed by atoms with Gasteiger partial charge in [0.25, 0.3) is 0 Å². The molecule has 0 atom stereocenters. The summed E-state index contributed by atoms with van der Waals surface area (Å²) in [6.07, 6.45) is 1.64. The zero-order chi connectivity index (χ0) is 13.8. The summed E-state index contributed by atoms with van der Waals surface area (Å²) in [4.78, 5) is 15.9. The van der Waals surface area contributed by atoms with E-state index in [0.717, 1.165) is 4.47 Å². The van der Waals surface area contributed by atoms with Gasteiger partial charge in [-0.25, -0.2) is 4.79 Å². The Morgan fingerprint density at radius 3 is 2.47 bits per heavy atom. The largest absolute Gasteiger partial charge is 0.456 e. The van der Waals surface area contributed by atoms with Crippen molar-refractivity contribution in [3.05, 3.63) is 52.3 Å². The molecule has 1 aromatic heterocycles. The molecule has 19 heavy (non-hydrogen) atoms. The minimum atomic E-state index is -0.483. The van der Waals surface area contributed by atoms with E-state index in [9.17, 15) is 4.79 Å². The number of esters is 1. The molecular formula is C13H12BrN3O2. The van der Waals surface area contributed by atoms with Crippen molar-refractivity contribution >= 4 is 33.3 Å². The van der Waals surface area contributed by atoms with Gasteiger partial charge < -0.3 is 16.2 Å². The summed E-state index contributed by atoms with van der Waals surface area (Å²) in [6.45, 7) is 0.0980. The third-order valence-corrected chi connectivity index (χ3v) is 2.82. The molecule has 0 aliphatic carbocycles. The van der Waals surface area contributed by atoms with E-state index in [4.69, 9.17) is 16.2 Å². The summed E-state index contributed by atoms with van der Waals surface area (Å²) in [5, 5.41) is 0. The van der Waals surface area contributed by atoms with Crippen LogP contribution in [0.25, 0.3) is 0 Å². The molecule has 0 spiro atoms. The van der Waals surface area contributed by atoms with Crippen LogP contribution in [-0.2, 0) is 11.3 Å². The van der Waals surface area contributed by atoms with Crippen molar-refractivity contribution in [2.75, 3.05) is 11.5 Å². The zero-order valence-corrected chi connectivity index (χ0v) is 11.6. The SMILES string of the molecule is Nc1cc(N)cc(C(=O)OCc2ccc(Br)cn2)c1. The van der Waals surface area contributed by atoms with Gasteiger partial charge in [-0.1, -0.05) is 0 Å². The first-order valence-electron chi connectivity index (χ1n) is 5.48. The number of carbonyl (C=O) groups is 1. The fourth-order valence-corrected chi connectivity index (χ4v) is 1.74. The highest BCUT2D eigenvalue weighted by atomic mass is 79.9. The maximum absolute atomic E-state index is 11.8. The monoisotopic (exact) mass is 321 g/mol. The second-order valence-electron chi connectivity index (χ2n) is 3.93. The lowest BCUT2D eigenvalue weighted by Crippen LogP contribution is -2.07. The van der Waals surface area contributed by atoms with Crippen molar-refractivity contribution in [3.8, 4) is 0 Å². The lowest BCUT2D eigenvalue weighted by molar-refractivity contribution is 0.0468. The van der Waals surface area contributed by atoms with Crippen molar-refractivity contribution in [1.29, 1.82) is 0 Å². The Bertz CT molecular complexity index is 579. The quantitative estimate of drug-likeness (QED) is 0.669. The molecule has 0 bridgehead atoms. The molecule has 0 aliphatic heterocycles. The maximum Gasteiger partial charge on any atom is 0.338 e. The standard InChI is InChI=1S/C13H12BrN3O2/c14-9-1-2-12(17-6-9)7-19-13(18)8-3-10(15)5-11(16)4-8/h1-6H,7,15-16H2. The van der Waals surface area contributed by atoms with Gasteiger partial charge in [-0.15, -0.1) is 0 Å². The molecule has 2 rings (SSSR count). The van der Waals surface area contributed by atoms with Gasteiger partial charge in [-0.05, 0) is 46.3 Å². The lowest BCUT2D eigenvalue weighted by Gasteiger charge is -2.06. The van der Waals surface area contributed by atoms with Crippen LogP contribution in [0, 0.1) is 0 Å². The lowest BCUT2D eigenvalue weighted by atomic mass is 10.2. The molecule has 0 aliphatic rings. The fourth-order valence-electron chi connectivity index (χ4n) is 1.51. The normalized spacial score (nSPS) is 10.2. The van der Waals surface area contributed by atoms with E-state index in [2.05, 4.69) is 20.9 Å². The number of nitrogen functional groups attached to an aromatic ring is 2. The Balaban J connectivity index is 2.03. The summed E-state index contributed by atoms with van der Waals surface area (Å²) >= 11 is 3.28. The van der Waals surface area contributed by atoms with Crippen LogP contribution in [0.2, 0.25) is 0 Å². The highest BCUT2D eigenvalue weighted by Gasteiger charge is 2.09. The average Bonchev–Trinajstić information content (AvgIpc) is 2.36. The summed E-state index contributed by atoms with van der Waals surface area (Å²) in [7, 11) is 0. The second kappa shape index (κ2) is 5.71. The molecule has 4 N–H and O–H groups in total. The van der Waals surface area contributed by atoms with E-state index in [1.165, 1.54) is 12.1 Å². The van der Waals surface area contributed by atoms with Crippen LogP contribution in [0.15, 0.2) is 41.0 Å². The smallest absolute Gasteiger partial charge is 0.338 e. The highest BCUT2D eigenvalue weighted by Crippen LogP contribution is 2.15. The molecule has 0 amide bonds. The Morgan fingerprint density at radius 2 is 1.89 bits per heavy atom. The molecule has 0 saturated heterocycles. The van der Waals surface area contributed by atoms with Crippen LogP contribution < -0.4 is 11.5 Å². The van der Waals surface area contributed by atoms with Crippen LogP contribution in [-0.4, -0.2) is 11.0 Å². The van der Waals surface area contributed by atoms with Crippen LogP contribution in [0.3, 0.4) is 0 Å². The van der Waals surface area contributed by atoms with E-state index < -0.39 is 5.97 Å². The number of benzene rings is 1. The van der Waals surface area contributed by atoms with E-state index in [1.807, 2.05) is 6.07 Å². The molecule has 0 unspecified atom stereocenters. The second-order valence-corrected chi connectivity index (χ2v) is 4.85. The van der Waals surface area contributed by atoms with E-state index in [-0.39, 0.29) is 6.61 Å². The van der Waals surface area contributed by atoms with Crippen LogP contribution in [0.5, 0.6) is 0 Å². The number of nitrogens with zero attached hydrogens (tertiary/aromatic N) is 1. The van der Waals surface area contributed by atoms with Gasteiger partial charge in [-0.2, -0.15) is 0 Å². The number of rotatable bonds is 3. The number of pyridine rings is 1. The Labute approximate surface area is 118 Å². The topological polar surface area (TPSA) is 91.2 Å².